The van der Waals surface area contributed by atoms with E-state index in [1.807, 2.05) is 0 Å². The maximum Gasteiger partial charge on any atom is 0.338 e. The Bertz CT molecular complexity index is 1080. The summed E-state index contributed by atoms with van der Waals surface area (Å²) >= 11 is 5.77. The Labute approximate surface area is 162 Å². The van der Waals surface area contributed by atoms with Crippen molar-refractivity contribution in [3.63, 3.8) is 0 Å². The SMILES string of the molecule is CN(C)S(=O)(=O)c1cccc(COC(=O)c2ccc(Cl)c(S(N)(=O)=O)c2)c1. The van der Waals surface area contributed by atoms with Crippen molar-refractivity contribution in [2.75, 3.05) is 14.1 Å². The molecule has 0 bridgehead atoms. The molecule has 27 heavy (non-hydrogen) atoms. The summed E-state index contributed by atoms with van der Waals surface area (Å²) in [5.74, 6) is -0.808. The lowest BCUT2D eigenvalue weighted by atomic mass is 10.2. The second-order valence-corrected chi connectivity index (χ2v) is 9.79. The summed E-state index contributed by atoms with van der Waals surface area (Å²) in [6.45, 7) is -0.205. The quantitative estimate of drug-likeness (QED) is 0.691. The summed E-state index contributed by atoms with van der Waals surface area (Å²) in [7, 11) is -4.90. The fourth-order valence-electron chi connectivity index (χ4n) is 2.09. The Morgan fingerprint density at radius 2 is 1.78 bits per heavy atom. The molecule has 0 radical (unpaired) electrons. The van der Waals surface area contributed by atoms with Gasteiger partial charge in [0.25, 0.3) is 0 Å². The van der Waals surface area contributed by atoms with Gasteiger partial charge in [-0.15, -0.1) is 0 Å². The van der Waals surface area contributed by atoms with Gasteiger partial charge in [-0.1, -0.05) is 23.7 Å². The number of carbonyl (C=O) groups excluding carboxylic acids is 1. The molecule has 0 spiro atoms. The van der Waals surface area contributed by atoms with Crippen LogP contribution in [0.4, 0.5) is 0 Å². The summed E-state index contributed by atoms with van der Waals surface area (Å²) in [5, 5.41) is 4.93. The van der Waals surface area contributed by atoms with Crippen molar-refractivity contribution < 1.29 is 26.4 Å². The van der Waals surface area contributed by atoms with E-state index in [0.717, 1.165) is 10.4 Å². The largest absolute Gasteiger partial charge is 0.457 e. The van der Waals surface area contributed by atoms with Crippen molar-refractivity contribution in [2.24, 2.45) is 5.14 Å². The van der Waals surface area contributed by atoms with Crippen LogP contribution in [-0.4, -0.2) is 41.2 Å². The number of hydrogen-bond donors (Lipinski definition) is 1. The molecular weight excluding hydrogens is 416 g/mol. The topological polar surface area (TPSA) is 124 Å². The second-order valence-electron chi connectivity index (χ2n) is 5.70. The van der Waals surface area contributed by atoms with E-state index in [0.29, 0.717) is 5.56 Å². The summed E-state index contributed by atoms with van der Waals surface area (Å²) in [5.41, 5.74) is 0.396. The van der Waals surface area contributed by atoms with Gasteiger partial charge in [-0.3, -0.25) is 0 Å². The van der Waals surface area contributed by atoms with E-state index in [1.165, 1.54) is 44.4 Å². The molecule has 2 aromatic carbocycles. The number of ether oxygens (including phenoxy) is 1. The fraction of sp³-hybridized carbons (Fsp3) is 0.188. The molecule has 2 N–H and O–H groups in total. The minimum Gasteiger partial charge on any atom is -0.457 e. The van der Waals surface area contributed by atoms with Gasteiger partial charge in [0.15, 0.2) is 0 Å². The summed E-state index contributed by atoms with van der Waals surface area (Å²) in [6.07, 6.45) is 0. The molecule has 0 aliphatic rings. The summed E-state index contributed by atoms with van der Waals surface area (Å²) in [6, 6.07) is 9.49. The number of halogens is 1. The minimum atomic E-state index is -4.10. The predicted octanol–water partition coefficient (Wildman–Crippen LogP) is 1.59. The van der Waals surface area contributed by atoms with Gasteiger partial charge < -0.3 is 4.74 Å². The van der Waals surface area contributed by atoms with Crippen molar-refractivity contribution in [1.82, 2.24) is 4.31 Å². The van der Waals surface area contributed by atoms with E-state index in [1.54, 1.807) is 6.07 Å². The summed E-state index contributed by atoms with van der Waals surface area (Å²) in [4.78, 5) is 11.8. The van der Waals surface area contributed by atoms with Crippen LogP contribution in [0.2, 0.25) is 5.02 Å². The van der Waals surface area contributed by atoms with Crippen molar-refractivity contribution in [3.05, 3.63) is 58.6 Å². The standard InChI is InChI=1S/C16H17ClN2O6S2/c1-19(2)27(23,24)13-5-3-4-11(8-13)10-25-16(20)12-6-7-14(17)15(9-12)26(18,21)22/h3-9H,10H2,1-2H3,(H2,18,21,22). The zero-order valence-electron chi connectivity index (χ0n) is 14.4. The first-order chi connectivity index (χ1) is 12.4. The Morgan fingerprint density at radius 3 is 2.37 bits per heavy atom. The molecule has 11 heteroatoms. The number of nitrogens with two attached hydrogens (primary N) is 1. The second kappa shape index (κ2) is 7.95. The molecule has 2 rings (SSSR count). The first-order valence-electron chi connectivity index (χ1n) is 7.44. The molecule has 0 saturated heterocycles. The molecule has 0 saturated carbocycles. The maximum absolute atomic E-state index is 12.2. The molecule has 0 aromatic heterocycles. The van der Waals surface area contributed by atoms with Gasteiger partial charge in [-0.2, -0.15) is 0 Å². The van der Waals surface area contributed by atoms with Crippen LogP contribution < -0.4 is 5.14 Å². The predicted molar refractivity (Wildman–Crippen MR) is 99.3 cm³/mol. The number of carbonyl (C=O) groups is 1. The van der Waals surface area contributed by atoms with Gasteiger partial charge >= 0.3 is 5.97 Å². The number of primary sulfonamides is 1. The van der Waals surface area contributed by atoms with Crippen LogP contribution in [0.25, 0.3) is 0 Å². The van der Waals surface area contributed by atoms with Gasteiger partial charge in [0.1, 0.15) is 11.5 Å². The zero-order valence-corrected chi connectivity index (χ0v) is 16.8. The molecule has 2 aromatic rings. The number of hydrogen-bond acceptors (Lipinski definition) is 6. The van der Waals surface area contributed by atoms with Crippen LogP contribution in [0.5, 0.6) is 0 Å². The van der Waals surface area contributed by atoms with E-state index < -0.39 is 30.9 Å². The number of sulfonamides is 2. The third kappa shape index (κ3) is 5.05. The van der Waals surface area contributed by atoms with Crippen LogP contribution in [0.15, 0.2) is 52.3 Å². The fourth-order valence-corrected chi connectivity index (χ4v) is 4.13. The number of benzene rings is 2. The Hall–Kier alpha value is -1.98. The number of esters is 1. The highest BCUT2D eigenvalue weighted by Crippen LogP contribution is 2.22. The van der Waals surface area contributed by atoms with Crippen LogP contribution in [-0.2, 0) is 31.4 Å². The number of nitrogens with zero attached hydrogens (tertiary/aromatic N) is 1. The molecule has 0 amide bonds. The molecular formula is C16H17ClN2O6S2. The van der Waals surface area contributed by atoms with E-state index in [2.05, 4.69) is 0 Å². The van der Waals surface area contributed by atoms with Gasteiger partial charge in [-0.25, -0.2) is 31.1 Å². The van der Waals surface area contributed by atoms with Crippen molar-refractivity contribution in [3.8, 4) is 0 Å². The zero-order chi connectivity index (χ0) is 20.4. The van der Waals surface area contributed by atoms with Gasteiger partial charge in [0.05, 0.1) is 15.5 Å². The Morgan fingerprint density at radius 1 is 1.11 bits per heavy atom. The smallest absolute Gasteiger partial charge is 0.338 e. The highest BCUT2D eigenvalue weighted by molar-refractivity contribution is 7.89. The Balaban J connectivity index is 2.20. The van der Waals surface area contributed by atoms with Gasteiger partial charge in [0, 0.05) is 14.1 Å². The van der Waals surface area contributed by atoms with E-state index in [-0.39, 0.29) is 22.1 Å². The first kappa shape index (κ1) is 21.3. The molecule has 0 aliphatic carbocycles. The lowest BCUT2D eigenvalue weighted by molar-refractivity contribution is 0.0472. The normalized spacial score (nSPS) is 12.2. The van der Waals surface area contributed by atoms with Crippen molar-refractivity contribution in [1.29, 1.82) is 0 Å². The average Bonchev–Trinajstić information content (AvgIpc) is 2.59. The molecule has 0 aliphatic heterocycles. The monoisotopic (exact) mass is 432 g/mol. The highest BCUT2D eigenvalue weighted by atomic mass is 35.5. The van der Waals surface area contributed by atoms with Gasteiger partial charge in [0.2, 0.25) is 20.0 Å². The van der Waals surface area contributed by atoms with Crippen molar-refractivity contribution >= 4 is 37.6 Å². The van der Waals surface area contributed by atoms with Crippen LogP contribution in [0, 0.1) is 0 Å². The number of rotatable bonds is 6. The van der Waals surface area contributed by atoms with Crippen LogP contribution in [0.3, 0.4) is 0 Å². The van der Waals surface area contributed by atoms with E-state index >= 15 is 0 Å². The third-order valence-electron chi connectivity index (χ3n) is 3.52. The van der Waals surface area contributed by atoms with E-state index in [4.69, 9.17) is 21.5 Å². The average molecular weight is 433 g/mol. The molecule has 146 valence electrons. The molecule has 0 atom stereocenters. The molecule has 8 nitrogen and oxygen atoms in total. The lowest BCUT2D eigenvalue weighted by Gasteiger charge is -2.12. The van der Waals surface area contributed by atoms with Crippen LogP contribution in [0.1, 0.15) is 15.9 Å². The van der Waals surface area contributed by atoms with Gasteiger partial charge in [-0.05, 0) is 35.9 Å². The van der Waals surface area contributed by atoms with Crippen molar-refractivity contribution in [2.45, 2.75) is 16.4 Å². The first-order valence-corrected chi connectivity index (χ1v) is 10.8. The summed E-state index contributed by atoms with van der Waals surface area (Å²) < 4.78 is 53.4. The Kier molecular flexibility index (Phi) is 6.28. The molecule has 0 unspecified atom stereocenters. The molecule has 0 heterocycles. The molecule has 0 fully saturated rings. The third-order valence-corrected chi connectivity index (χ3v) is 6.72. The maximum atomic E-state index is 12.2. The highest BCUT2D eigenvalue weighted by Gasteiger charge is 2.19. The minimum absolute atomic E-state index is 0.0551. The van der Waals surface area contributed by atoms with E-state index in [9.17, 15) is 21.6 Å². The van der Waals surface area contributed by atoms with Crippen LogP contribution >= 0.6 is 11.6 Å². The lowest BCUT2D eigenvalue weighted by Crippen LogP contribution is -2.22.